The number of amides is 1. The fraction of sp³-hybridized carbons (Fsp3) is 0.273. The van der Waals surface area contributed by atoms with Crippen molar-refractivity contribution in [3.05, 3.63) is 29.2 Å². The summed E-state index contributed by atoms with van der Waals surface area (Å²) < 4.78 is 0. The minimum absolute atomic E-state index is 0.229. The van der Waals surface area contributed by atoms with Gasteiger partial charge in [-0.25, -0.2) is 15.0 Å². The average molecular weight is 261 g/mol. The van der Waals surface area contributed by atoms with Crippen LogP contribution < -0.4 is 11.1 Å². The van der Waals surface area contributed by atoms with Gasteiger partial charge in [-0.15, -0.1) is 11.3 Å². The molecule has 1 amide bonds. The molecule has 1 aliphatic rings. The zero-order valence-corrected chi connectivity index (χ0v) is 10.3. The van der Waals surface area contributed by atoms with Gasteiger partial charge in [0.15, 0.2) is 5.13 Å². The molecule has 2 aromatic rings. The molecule has 0 atom stereocenters. The van der Waals surface area contributed by atoms with E-state index in [0.29, 0.717) is 11.0 Å². The van der Waals surface area contributed by atoms with Gasteiger partial charge in [0, 0.05) is 11.3 Å². The summed E-state index contributed by atoms with van der Waals surface area (Å²) in [7, 11) is 0. The lowest BCUT2D eigenvalue weighted by molar-refractivity contribution is 0.102. The summed E-state index contributed by atoms with van der Waals surface area (Å²) in [6.45, 7) is 0. The highest BCUT2D eigenvalue weighted by Gasteiger charge is 2.26. The monoisotopic (exact) mass is 261 g/mol. The second-order valence-corrected chi connectivity index (χ2v) is 4.99. The summed E-state index contributed by atoms with van der Waals surface area (Å²) in [5.41, 5.74) is 6.70. The molecule has 1 aliphatic carbocycles. The minimum Gasteiger partial charge on any atom is -0.382 e. The van der Waals surface area contributed by atoms with Crippen LogP contribution in [0.25, 0.3) is 0 Å². The zero-order valence-electron chi connectivity index (χ0n) is 9.46. The third kappa shape index (κ3) is 2.30. The van der Waals surface area contributed by atoms with Gasteiger partial charge in [0.05, 0.1) is 18.1 Å². The number of carbonyl (C=O) groups is 1. The van der Waals surface area contributed by atoms with Gasteiger partial charge in [-0.1, -0.05) is 0 Å². The van der Waals surface area contributed by atoms with E-state index in [4.69, 9.17) is 5.73 Å². The van der Waals surface area contributed by atoms with Crippen molar-refractivity contribution in [1.29, 1.82) is 0 Å². The van der Waals surface area contributed by atoms with Gasteiger partial charge in [0.2, 0.25) is 0 Å². The van der Waals surface area contributed by atoms with Crippen LogP contribution in [0.5, 0.6) is 0 Å². The van der Waals surface area contributed by atoms with Gasteiger partial charge in [0.25, 0.3) is 5.91 Å². The van der Waals surface area contributed by atoms with E-state index in [1.165, 1.54) is 36.6 Å². The van der Waals surface area contributed by atoms with Crippen molar-refractivity contribution in [3.63, 3.8) is 0 Å². The zero-order chi connectivity index (χ0) is 12.5. The van der Waals surface area contributed by atoms with Crippen molar-refractivity contribution in [3.8, 4) is 0 Å². The summed E-state index contributed by atoms with van der Waals surface area (Å²) in [4.78, 5) is 23.9. The van der Waals surface area contributed by atoms with Gasteiger partial charge < -0.3 is 5.73 Å². The molecular weight excluding hydrogens is 250 g/mol. The largest absolute Gasteiger partial charge is 0.382 e. The Bertz CT molecular complexity index is 575. The molecule has 7 heteroatoms. The van der Waals surface area contributed by atoms with E-state index < -0.39 is 0 Å². The van der Waals surface area contributed by atoms with Crippen molar-refractivity contribution < 1.29 is 4.79 Å². The molecule has 2 aromatic heterocycles. The second kappa shape index (κ2) is 4.34. The molecule has 18 heavy (non-hydrogen) atoms. The highest BCUT2D eigenvalue weighted by Crippen LogP contribution is 2.40. The number of hydrogen-bond acceptors (Lipinski definition) is 6. The van der Waals surface area contributed by atoms with Crippen LogP contribution >= 0.6 is 11.3 Å². The first kappa shape index (κ1) is 11.1. The third-order valence-electron chi connectivity index (χ3n) is 2.64. The maximum Gasteiger partial charge on any atom is 0.277 e. The van der Waals surface area contributed by atoms with E-state index in [1.807, 2.05) is 5.38 Å². The number of anilines is 2. The molecule has 3 N–H and O–H groups in total. The minimum atomic E-state index is -0.320. The number of aromatic nitrogens is 3. The smallest absolute Gasteiger partial charge is 0.277 e. The van der Waals surface area contributed by atoms with Crippen LogP contribution in [0, 0.1) is 0 Å². The van der Waals surface area contributed by atoms with E-state index in [-0.39, 0.29) is 17.4 Å². The maximum atomic E-state index is 11.8. The molecular formula is C11H11N5OS. The van der Waals surface area contributed by atoms with Crippen LogP contribution in [-0.4, -0.2) is 20.9 Å². The highest BCUT2D eigenvalue weighted by molar-refractivity contribution is 7.14. The van der Waals surface area contributed by atoms with Crippen molar-refractivity contribution in [2.75, 3.05) is 11.1 Å². The first-order valence-corrected chi connectivity index (χ1v) is 6.44. The molecule has 0 unspecified atom stereocenters. The fourth-order valence-corrected chi connectivity index (χ4v) is 2.31. The summed E-state index contributed by atoms with van der Waals surface area (Å²) in [6.07, 6.45) is 5.09. The first-order chi connectivity index (χ1) is 8.72. The summed E-state index contributed by atoms with van der Waals surface area (Å²) in [5.74, 6) is 0.555. The lowest BCUT2D eigenvalue weighted by Gasteiger charge is -2.00. The molecule has 92 valence electrons. The number of nitrogens with zero attached hydrogens (tertiary/aromatic N) is 3. The standard InChI is InChI=1S/C11H11N5OS/c12-9-4-13-7(3-14-9)10(17)16-11-15-8(5-18-11)6-1-2-6/h3-6H,1-2H2,(H2,12,14)(H,15,16,17). The van der Waals surface area contributed by atoms with Crippen LogP contribution in [0.15, 0.2) is 17.8 Å². The topological polar surface area (TPSA) is 93.8 Å². The SMILES string of the molecule is Nc1cnc(C(=O)Nc2nc(C3CC3)cs2)cn1. The van der Waals surface area contributed by atoms with Crippen LogP contribution in [-0.2, 0) is 0 Å². The lowest BCUT2D eigenvalue weighted by Crippen LogP contribution is -2.14. The quantitative estimate of drug-likeness (QED) is 0.876. The number of nitrogens with two attached hydrogens (primary N) is 1. The van der Waals surface area contributed by atoms with Crippen molar-refractivity contribution in [1.82, 2.24) is 15.0 Å². The van der Waals surface area contributed by atoms with E-state index in [0.717, 1.165) is 5.69 Å². The highest BCUT2D eigenvalue weighted by atomic mass is 32.1. The Morgan fingerprint density at radius 2 is 2.22 bits per heavy atom. The summed E-state index contributed by atoms with van der Waals surface area (Å²) in [6, 6.07) is 0. The number of rotatable bonds is 3. The Labute approximate surface area is 107 Å². The van der Waals surface area contributed by atoms with Gasteiger partial charge in [-0.3, -0.25) is 10.1 Å². The van der Waals surface area contributed by atoms with Crippen molar-refractivity contribution in [2.24, 2.45) is 0 Å². The molecule has 1 fully saturated rings. The molecule has 0 aliphatic heterocycles. The van der Waals surface area contributed by atoms with E-state index in [2.05, 4.69) is 20.3 Å². The number of nitrogen functional groups attached to an aromatic ring is 1. The van der Waals surface area contributed by atoms with E-state index in [9.17, 15) is 4.79 Å². The normalized spacial score (nSPS) is 14.4. The average Bonchev–Trinajstić information content (AvgIpc) is 3.11. The third-order valence-corrected chi connectivity index (χ3v) is 3.42. The fourth-order valence-electron chi connectivity index (χ4n) is 1.53. The predicted octanol–water partition coefficient (Wildman–Crippen LogP) is 1.64. The maximum absolute atomic E-state index is 11.8. The van der Waals surface area contributed by atoms with Gasteiger partial charge in [-0.2, -0.15) is 0 Å². The Morgan fingerprint density at radius 1 is 1.39 bits per heavy atom. The second-order valence-electron chi connectivity index (χ2n) is 4.13. The van der Waals surface area contributed by atoms with Crippen LogP contribution in [0.1, 0.15) is 34.9 Å². The number of thiazole rings is 1. The molecule has 0 spiro atoms. The number of carbonyl (C=O) groups excluding carboxylic acids is 1. The van der Waals surface area contributed by atoms with Crippen LogP contribution in [0.3, 0.4) is 0 Å². The molecule has 3 rings (SSSR count). The lowest BCUT2D eigenvalue weighted by atomic mass is 10.3. The Kier molecular flexibility index (Phi) is 2.67. The van der Waals surface area contributed by atoms with Crippen LogP contribution in [0.4, 0.5) is 10.9 Å². The molecule has 0 radical (unpaired) electrons. The van der Waals surface area contributed by atoms with Crippen molar-refractivity contribution >= 4 is 28.2 Å². The molecule has 6 nitrogen and oxygen atoms in total. The first-order valence-electron chi connectivity index (χ1n) is 5.56. The van der Waals surface area contributed by atoms with E-state index >= 15 is 0 Å². The van der Waals surface area contributed by atoms with Gasteiger partial charge >= 0.3 is 0 Å². The van der Waals surface area contributed by atoms with Gasteiger partial charge in [0.1, 0.15) is 11.5 Å². The van der Waals surface area contributed by atoms with E-state index in [1.54, 1.807) is 0 Å². The molecule has 2 heterocycles. The molecule has 0 bridgehead atoms. The number of nitrogens with one attached hydrogen (secondary N) is 1. The molecule has 0 aromatic carbocycles. The van der Waals surface area contributed by atoms with Crippen molar-refractivity contribution in [2.45, 2.75) is 18.8 Å². The molecule has 0 saturated heterocycles. The van der Waals surface area contributed by atoms with Gasteiger partial charge in [-0.05, 0) is 12.8 Å². The Balaban J connectivity index is 1.70. The molecule has 1 saturated carbocycles. The summed E-state index contributed by atoms with van der Waals surface area (Å²) >= 11 is 1.43. The van der Waals surface area contributed by atoms with Crippen LogP contribution in [0.2, 0.25) is 0 Å². The summed E-state index contributed by atoms with van der Waals surface area (Å²) in [5, 5.41) is 5.29. The Morgan fingerprint density at radius 3 is 2.89 bits per heavy atom. The Hall–Kier alpha value is -2.02. The number of hydrogen-bond donors (Lipinski definition) is 2. The predicted molar refractivity (Wildman–Crippen MR) is 68.5 cm³/mol.